The first-order valence-corrected chi connectivity index (χ1v) is 7.91. The minimum absolute atomic E-state index is 0.181. The van der Waals surface area contributed by atoms with E-state index in [1.54, 1.807) is 17.0 Å². The van der Waals surface area contributed by atoms with E-state index in [0.717, 1.165) is 12.8 Å². The molecule has 1 N–H and O–H groups in total. The van der Waals surface area contributed by atoms with E-state index in [2.05, 4.69) is 4.98 Å². The third-order valence-electron chi connectivity index (χ3n) is 3.84. The van der Waals surface area contributed by atoms with Crippen LogP contribution in [0, 0.1) is 0 Å². The Hall–Kier alpha value is -2.27. The lowest BCUT2D eigenvalue weighted by Crippen LogP contribution is -2.34. The lowest BCUT2D eigenvalue weighted by Gasteiger charge is -2.23. The Morgan fingerprint density at radius 3 is 2.48 bits per heavy atom. The lowest BCUT2D eigenvalue weighted by atomic mass is 10.1. The van der Waals surface area contributed by atoms with Crippen molar-refractivity contribution in [3.05, 3.63) is 58.9 Å². The van der Waals surface area contributed by atoms with Gasteiger partial charge in [-0.25, -0.2) is 4.79 Å². The smallest absolute Gasteiger partial charge is 0.355 e. The number of esters is 1. The summed E-state index contributed by atoms with van der Waals surface area (Å²) < 4.78 is 5.49. The van der Waals surface area contributed by atoms with Gasteiger partial charge in [-0.3, -0.25) is 4.79 Å². The Labute approximate surface area is 139 Å². The van der Waals surface area contributed by atoms with Crippen LogP contribution in [-0.4, -0.2) is 34.8 Å². The molecule has 120 valence electrons. The van der Waals surface area contributed by atoms with E-state index in [0.29, 0.717) is 23.7 Å². The molecule has 0 unspecified atom stereocenters. The summed E-state index contributed by atoms with van der Waals surface area (Å²) in [5.41, 5.74) is 0.889. The predicted molar refractivity (Wildman–Crippen MR) is 86.2 cm³/mol. The fourth-order valence-electron chi connectivity index (χ4n) is 2.65. The summed E-state index contributed by atoms with van der Waals surface area (Å²) in [6, 6.07) is 10.5. The standard InChI is InChI=1S/C17H17ClN2O3/c18-13-10-14(19-11-13)17(22)23-15(12-6-2-1-3-7-12)16(21)20-8-4-5-9-20/h1-3,6-7,10-11,15,19H,4-5,8-9H2/t15-/m1/s1. The maximum absolute atomic E-state index is 12.7. The SMILES string of the molecule is O=C(O[C@@H](C(=O)N1CCCC1)c1ccccc1)c1cc(Cl)c[nH]1. The maximum Gasteiger partial charge on any atom is 0.355 e. The van der Waals surface area contributed by atoms with Crippen molar-refractivity contribution >= 4 is 23.5 Å². The molecule has 1 amide bonds. The summed E-state index contributed by atoms with van der Waals surface area (Å²) in [5, 5.41) is 0.416. The van der Waals surface area contributed by atoms with Crippen LogP contribution in [0.2, 0.25) is 5.02 Å². The first-order valence-electron chi connectivity index (χ1n) is 7.54. The number of rotatable bonds is 4. The zero-order valence-corrected chi connectivity index (χ0v) is 13.3. The molecule has 1 atom stereocenters. The van der Waals surface area contributed by atoms with E-state index in [1.807, 2.05) is 18.2 Å². The number of nitrogens with zero attached hydrogens (tertiary/aromatic N) is 1. The first-order chi connectivity index (χ1) is 11.1. The Morgan fingerprint density at radius 2 is 1.87 bits per heavy atom. The molecule has 1 fully saturated rings. The molecule has 1 aliphatic heterocycles. The fourth-order valence-corrected chi connectivity index (χ4v) is 2.81. The first kappa shape index (κ1) is 15.6. The summed E-state index contributed by atoms with van der Waals surface area (Å²) in [7, 11) is 0. The third kappa shape index (κ3) is 3.56. The van der Waals surface area contributed by atoms with Crippen molar-refractivity contribution in [3.63, 3.8) is 0 Å². The number of carbonyl (C=O) groups excluding carboxylic acids is 2. The van der Waals surface area contributed by atoms with Gasteiger partial charge in [0.25, 0.3) is 5.91 Å². The summed E-state index contributed by atoms with van der Waals surface area (Å²) in [6.07, 6.45) is 2.52. The van der Waals surface area contributed by atoms with Gasteiger partial charge in [0.05, 0.1) is 5.02 Å². The number of ether oxygens (including phenoxy) is 1. The highest BCUT2D eigenvalue weighted by atomic mass is 35.5. The Morgan fingerprint density at radius 1 is 1.17 bits per heavy atom. The average Bonchev–Trinajstić information content (AvgIpc) is 3.24. The van der Waals surface area contributed by atoms with E-state index in [1.165, 1.54) is 12.3 Å². The van der Waals surface area contributed by atoms with Crippen LogP contribution in [0.3, 0.4) is 0 Å². The highest BCUT2D eigenvalue weighted by Gasteiger charge is 2.31. The van der Waals surface area contributed by atoms with E-state index in [4.69, 9.17) is 16.3 Å². The van der Waals surface area contributed by atoms with E-state index in [9.17, 15) is 9.59 Å². The number of benzene rings is 1. The normalized spacial score (nSPS) is 15.4. The van der Waals surface area contributed by atoms with Gasteiger partial charge in [0, 0.05) is 24.8 Å². The average molecular weight is 333 g/mol. The second kappa shape index (κ2) is 6.87. The lowest BCUT2D eigenvalue weighted by molar-refractivity contribution is -0.140. The highest BCUT2D eigenvalue weighted by Crippen LogP contribution is 2.24. The van der Waals surface area contributed by atoms with Crippen LogP contribution >= 0.6 is 11.6 Å². The zero-order chi connectivity index (χ0) is 16.2. The minimum Gasteiger partial charge on any atom is -0.443 e. The Kier molecular flexibility index (Phi) is 4.67. The molecule has 23 heavy (non-hydrogen) atoms. The van der Waals surface area contributed by atoms with Crippen molar-refractivity contribution < 1.29 is 14.3 Å². The number of likely N-dealkylation sites (tertiary alicyclic amines) is 1. The number of hydrogen-bond acceptors (Lipinski definition) is 3. The van der Waals surface area contributed by atoms with Gasteiger partial charge in [0.2, 0.25) is 6.10 Å². The number of hydrogen-bond donors (Lipinski definition) is 1. The number of amides is 1. The number of carbonyl (C=O) groups is 2. The molecule has 2 aromatic rings. The van der Waals surface area contributed by atoms with Crippen molar-refractivity contribution in [2.75, 3.05) is 13.1 Å². The van der Waals surface area contributed by atoms with Crippen molar-refractivity contribution in [1.29, 1.82) is 0 Å². The van der Waals surface area contributed by atoms with E-state index < -0.39 is 12.1 Å². The number of H-pyrrole nitrogens is 1. The van der Waals surface area contributed by atoms with Crippen LogP contribution in [0.5, 0.6) is 0 Å². The molecule has 0 radical (unpaired) electrons. The molecule has 1 saturated heterocycles. The van der Waals surface area contributed by atoms with E-state index >= 15 is 0 Å². The molecule has 2 heterocycles. The van der Waals surface area contributed by atoms with Crippen molar-refractivity contribution in [1.82, 2.24) is 9.88 Å². The van der Waals surface area contributed by atoms with Gasteiger partial charge in [-0.2, -0.15) is 0 Å². The minimum atomic E-state index is -0.941. The van der Waals surface area contributed by atoms with Crippen LogP contribution < -0.4 is 0 Å². The molecule has 0 saturated carbocycles. The molecule has 1 aromatic carbocycles. The highest BCUT2D eigenvalue weighted by molar-refractivity contribution is 6.30. The molecule has 1 aromatic heterocycles. The Balaban J connectivity index is 1.83. The third-order valence-corrected chi connectivity index (χ3v) is 4.06. The summed E-state index contributed by atoms with van der Waals surface area (Å²) >= 11 is 5.81. The summed E-state index contributed by atoms with van der Waals surface area (Å²) in [5.74, 6) is -0.780. The van der Waals surface area contributed by atoms with Crippen LogP contribution in [-0.2, 0) is 9.53 Å². The molecule has 0 aliphatic carbocycles. The zero-order valence-electron chi connectivity index (χ0n) is 12.5. The molecular formula is C17H17ClN2O3. The molecule has 0 bridgehead atoms. The largest absolute Gasteiger partial charge is 0.443 e. The van der Waals surface area contributed by atoms with Crippen LogP contribution in [0.1, 0.15) is 35.0 Å². The van der Waals surface area contributed by atoms with Gasteiger partial charge in [-0.15, -0.1) is 0 Å². The van der Waals surface area contributed by atoms with Crippen LogP contribution in [0.4, 0.5) is 0 Å². The van der Waals surface area contributed by atoms with Crippen LogP contribution in [0.15, 0.2) is 42.6 Å². The topological polar surface area (TPSA) is 62.4 Å². The van der Waals surface area contributed by atoms with Gasteiger partial charge in [0.15, 0.2) is 0 Å². The molecule has 0 spiro atoms. The van der Waals surface area contributed by atoms with Crippen molar-refractivity contribution in [2.45, 2.75) is 18.9 Å². The predicted octanol–water partition coefficient (Wildman–Crippen LogP) is 3.19. The van der Waals surface area contributed by atoms with Crippen LogP contribution in [0.25, 0.3) is 0 Å². The second-order valence-electron chi connectivity index (χ2n) is 5.46. The van der Waals surface area contributed by atoms with E-state index in [-0.39, 0.29) is 11.6 Å². The number of aromatic amines is 1. The molecule has 6 heteroatoms. The van der Waals surface area contributed by atoms with Crippen molar-refractivity contribution in [2.24, 2.45) is 0 Å². The number of aromatic nitrogens is 1. The Bertz CT molecular complexity index is 693. The number of nitrogens with one attached hydrogen (secondary N) is 1. The second-order valence-corrected chi connectivity index (χ2v) is 5.90. The van der Waals surface area contributed by atoms with Gasteiger partial charge >= 0.3 is 5.97 Å². The molecule has 5 nitrogen and oxygen atoms in total. The van der Waals surface area contributed by atoms with Gasteiger partial charge < -0.3 is 14.6 Å². The monoisotopic (exact) mass is 332 g/mol. The van der Waals surface area contributed by atoms with Gasteiger partial charge in [-0.1, -0.05) is 41.9 Å². The number of halogens is 1. The summed E-state index contributed by atoms with van der Waals surface area (Å²) in [4.78, 5) is 29.5. The quantitative estimate of drug-likeness (QED) is 0.875. The fraction of sp³-hybridized carbons (Fsp3) is 0.294. The van der Waals surface area contributed by atoms with Gasteiger partial charge in [0.1, 0.15) is 5.69 Å². The van der Waals surface area contributed by atoms with Crippen molar-refractivity contribution in [3.8, 4) is 0 Å². The molecular weight excluding hydrogens is 316 g/mol. The summed E-state index contributed by atoms with van der Waals surface area (Å²) in [6.45, 7) is 1.40. The maximum atomic E-state index is 12.7. The molecule has 1 aliphatic rings. The molecule has 3 rings (SSSR count). The van der Waals surface area contributed by atoms with Gasteiger partial charge in [-0.05, 0) is 18.9 Å².